The van der Waals surface area contributed by atoms with Gasteiger partial charge in [-0.3, -0.25) is 5.10 Å². The number of nitrogens with zero attached hydrogens (tertiary/aromatic N) is 3. The number of aromatic nitrogens is 3. The van der Waals surface area contributed by atoms with Crippen LogP contribution in [-0.2, 0) is 0 Å². The van der Waals surface area contributed by atoms with Crippen molar-refractivity contribution >= 4 is 22.7 Å². The van der Waals surface area contributed by atoms with Crippen LogP contribution in [-0.4, -0.2) is 28.3 Å². The zero-order valence-electron chi connectivity index (χ0n) is 15.5. The van der Waals surface area contributed by atoms with E-state index in [-0.39, 0.29) is 0 Å². The Kier molecular flexibility index (Phi) is 4.93. The Morgan fingerprint density at radius 3 is 2.28 bits per heavy atom. The molecule has 132 valence electrons. The van der Waals surface area contributed by atoms with Gasteiger partial charge in [-0.15, -0.1) is 0 Å². The van der Waals surface area contributed by atoms with Crippen molar-refractivity contribution in [1.29, 1.82) is 0 Å². The minimum Gasteiger partial charge on any atom is -0.383 e. The summed E-state index contributed by atoms with van der Waals surface area (Å²) < 4.78 is 0. The summed E-state index contributed by atoms with van der Waals surface area (Å²) in [4.78, 5) is 7.15. The molecule has 2 heterocycles. The number of benzene rings is 1. The topological polar surface area (TPSA) is 70.8 Å². The number of pyridine rings is 1. The summed E-state index contributed by atoms with van der Waals surface area (Å²) >= 11 is 0. The van der Waals surface area contributed by atoms with E-state index in [1.165, 1.54) is 0 Å². The fraction of sp³-hybridized carbons (Fsp3) is 0.400. The Morgan fingerprint density at radius 1 is 1.04 bits per heavy atom. The Morgan fingerprint density at radius 2 is 1.68 bits per heavy atom. The van der Waals surface area contributed by atoms with Crippen LogP contribution in [0.5, 0.6) is 0 Å². The average Bonchev–Trinajstić information content (AvgIpc) is 2.95. The predicted molar refractivity (Wildman–Crippen MR) is 106 cm³/mol. The van der Waals surface area contributed by atoms with Crippen LogP contribution in [0.1, 0.15) is 27.7 Å². The van der Waals surface area contributed by atoms with E-state index in [1.807, 2.05) is 18.2 Å². The summed E-state index contributed by atoms with van der Waals surface area (Å²) in [5.41, 5.74) is 9.00. The molecule has 0 aliphatic carbocycles. The standard InChI is InChI=1S/C20H27N5/c1-13(2)11-25(12-14(3)4)17-10-16(15-8-6-5-7-9-15)18-19(21)23-24-20(18)22-17/h5-10,13-14H,11-12H2,1-4H3,(H3,21,22,23,24). The van der Waals surface area contributed by atoms with Crippen molar-refractivity contribution in [3.63, 3.8) is 0 Å². The van der Waals surface area contributed by atoms with Gasteiger partial charge in [0.1, 0.15) is 11.6 Å². The highest BCUT2D eigenvalue weighted by Crippen LogP contribution is 2.33. The number of H-pyrrole nitrogens is 1. The second-order valence-corrected chi connectivity index (χ2v) is 7.42. The maximum atomic E-state index is 6.13. The van der Waals surface area contributed by atoms with E-state index in [0.29, 0.717) is 23.3 Å². The minimum absolute atomic E-state index is 0.556. The normalized spacial score (nSPS) is 11.6. The molecule has 1 aromatic carbocycles. The monoisotopic (exact) mass is 337 g/mol. The zero-order chi connectivity index (χ0) is 18.0. The van der Waals surface area contributed by atoms with Crippen molar-refractivity contribution in [3.05, 3.63) is 36.4 Å². The molecular weight excluding hydrogens is 310 g/mol. The van der Waals surface area contributed by atoms with Crippen molar-refractivity contribution < 1.29 is 0 Å². The van der Waals surface area contributed by atoms with Crippen LogP contribution in [0, 0.1) is 11.8 Å². The van der Waals surface area contributed by atoms with Crippen LogP contribution in [0.4, 0.5) is 11.6 Å². The molecule has 0 saturated carbocycles. The highest BCUT2D eigenvalue weighted by Gasteiger charge is 2.18. The lowest BCUT2D eigenvalue weighted by Crippen LogP contribution is -2.32. The lowest BCUT2D eigenvalue weighted by atomic mass is 10.0. The number of fused-ring (bicyclic) bond motifs is 1. The van der Waals surface area contributed by atoms with Gasteiger partial charge in [0.2, 0.25) is 0 Å². The van der Waals surface area contributed by atoms with Gasteiger partial charge in [-0.05, 0) is 23.5 Å². The van der Waals surface area contributed by atoms with Crippen LogP contribution >= 0.6 is 0 Å². The molecule has 0 radical (unpaired) electrons. The summed E-state index contributed by atoms with van der Waals surface area (Å²) in [6, 6.07) is 12.4. The Bertz CT molecular complexity index is 826. The lowest BCUT2D eigenvalue weighted by Gasteiger charge is -2.28. The van der Waals surface area contributed by atoms with Gasteiger partial charge >= 0.3 is 0 Å². The quantitative estimate of drug-likeness (QED) is 0.702. The van der Waals surface area contributed by atoms with Crippen molar-refractivity contribution in [2.45, 2.75) is 27.7 Å². The van der Waals surface area contributed by atoms with E-state index in [1.54, 1.807) is 0 Å². The first kappa shape index (κ1) is 17.3. The molecule has 0 amide bonds. The SMILES string of the molecule is CC(C)CN(CC(C)C)c1cc(-c2ccccc2)c2c(N)[nH]nc2n1. The van der Waals surface area contributed by atoms with Crippen molar-refractivity contribution in [2.24, 2.45) is 11.8 Å². The molecule has 0 atom stereocenters. The molecular formula is C20H27N5. The van der Waals surface area contributed by atoms with Crippen LogP contribution in [0.2, 0.25) is 0 Å². The summed E-state index contributed by atoms with van der Waals surface area (Å²) in [6.45, 7) is 10.9. The Labute approximate surface area is 149 Å². The van der Waals surface area contributed by atoms with Gasteiger partial charge in [0.15, 0.2) is 5.65 Å². The van der Waals surface area contributed by atoms with Gasteiger partial charge in [-0.1, -0.05) is 58.0 Å². The maximum Gasteiger partial charge on any atom is 0.185 e. The van der Waals surface area contributed by atoms with Crippen LogP contribution < -0.4 is 10.6 Å². The van der Waals surface area contributed by atoms with Crippen molar-refractivity contribution in [1.82, 2.24) is 15.2 Å². The molecule has 2 aromatic heterocycles. The maximum absolute atomic E-state index is 6.13. The number of nitrogen functional groups attached to an aromatic ring is 1. The Hall–Kier alpha value is -2.56. The molecule has 0 spiro atoms. The zero-order valence-corrected chi connectivity index (χ0v) is 15.5. The van der Waals surface area contributed by atoms with Crippen LogP contribution in [0.3, 0.4) is 0 Å². The molecule has 25 heavy (non-hydrogen) atoms. The number of nitrogens with one attached hydrogen (secondary N) is 1. The number of aromatic amines is 1. The van der Waals surface area contributed by atoms with Gasteiger partial charge in [0, 0.05) is 18.7 Å². The lowest BCUT2D eigenvalue weighted by molar-refractivity contribution is 0.549. The third-order valence-electron chi connectivity index (χ3n) is 4.12. The van der Waals surface area contributed by atoms with E-state index >= 15 is 0 Å². The van der Waals surface area contributed by atoms with E-state index in [9.17, 15) is 0 Å². The minimum atomic E-state index is 0.556. The molecule has 5 heteroatoms. The number of rotatable bonds is 6. The first-order valence-corrected chi connectivity index (χ1v) is 8.90. The number of nitrogens with two attached hydrogens (primary N) is 1. The van der Waals surface area contributed by atoms with Crippen molar-refractivity contribution in [2.75, 3.05) is 23.7 Å². The smallest absolute Gasteiger partial charge is 0.185 e. The first-order valence-electron chi connectivity index (χ1n) is 8.90. The van der Waals surface area contributed by atoms with Gasteiger partial charge in [0.25, 0.3) is 0 Å². The van der Waals surface area contributed by atoms with Crippen molar-refractivity contribution in [3.8, 4) is 11.1 Å². The summed E-state index contributed by atoms with van der Waals surface area (Å²) in [5.74, 6) is 2.63. The van der Waals surface area contributed by atoms with Gasteiger partial charge in [-0.2, -0.15) is 5.10 Å². The molecule has 0 bridgehead atoms. The van der Waals surface area contributed by atoms with E-state index < -0.39 is 0 Å². The molecule has 3 aromatic rings. The van der Waals surface area contributed by atoms with E-state index in [0.717, 1.165) is 35.4 Å². The molecule has 0 fully saturated rings. The second-order valence-electron chi connectivity index (χ2n) is 7.42. The van der Waals surface area contributed by atoms with Gasteiger partial charge in [-0.25, -0.2) is 4.98 Å². The molecule has 3 rings (SSSR count). The fourth-order valence-corrected chi connectivity index (χ4v) is 3.18. The average molecular weight is 337 g/mol. The Balaban J connectivity index is 2.16. The van der Waals surface area contributed by atoms with E-state index in [2.05, 4.69) is 61.0 Å². The predicted octanol–water partition coefficient (Wildman–Crippen LogP) is 4.33. The number of anilines is 2. The molecule has 0 aliphatic heterocycles. The largest absolute Gasteiger partial charge is 0.383 e. The highest BCUT2D eigenvalue weighted by molar-refractivity contribution is 6.01. The summed E-state index contributed by atoms with van der Waals surface area (Å²) in [7, 11) is 0. The van der Waals surface area contributed by atoms with Crippen LogP contribution in [0.15, 0.2) is 36.4 Å². The first-order chi connectivity index (χ1) is 12.0. The highest BCUT2D eigenvalue weighted by atomic mass is 15.2. The summed E-state index contributed by atoms with van der Waals surface area (Å²) in [5, 5.41) is 8.09. The molecule has 0 saturated heterocycles. The third kappa shape index (κ3) is 3.76. The summed E-state index contributed by atoms with van der Waals surface area (Å²) in [6.07, 6.45) is 0. The van der Waals surface area contributed by atoms with Crippen LogP contribution in [0.25, 0.3) is 22.2 Å². The molecule has 5 nitrogen and oxygen atoms in total. The second kappa shape index (κ2) is 7.13. The van der Waals surface area contributed by atoms with Gasteiger partial charge in [0.05, 0.1) is 5.39 Å². The fourth-order valence-electron chi connectivity index (χ4n) is 3.18. The number of hydrogen-bond acceptors (Lipinski definition) is 4. The third-order valence-corrected chi connectivity index (χ3v) is 4.12. The van der Waals surface area contributed by atoms with E-state index in [4.69, 9.17) is 10.7 Å². The number of hydrogen-bond donors (Lipinski definition) is 2. The molecule has 3 N–H and O–H groups in total. The molecule has 0 aliphatic rings. The molecule has 0 unspecified atom stereocenters. The van der Waals surface area contributed by atoms with Gasteiger partial charge < -0.3 is 10.6 Å².